The molecule has 2 aromatic rings. The Kier molecular flexibility index (Phi) is 6.54. The van der Waals surface area contributed by atoms with Crippen LogP contribution in [0.5, 0.6) is 5.75 Å². The molecule has 2 amide bonds. The lowest BCUT2D eigenvalue weighted by atomic mass is 10.0. The summed E-state index contributed by atoms with van der Waals surface area (Å²) >= 11 is 0. The average Bonchev–Trinajstić information content (AvgIpc) is 2.63. The van der Waals surface area contributed by atoms with Crippen LogP contribution in [0.2, 0.25) is 0 Å². The molecule has 0 bridgehead atoms. The summed E-state index contributed by atoms with van der Waals surface area (Å²) < 4.78 is 10.6. The number of carbonyl (C=O) groups is 2. The summed E-state index contributed by atoms with van der Waals surface area (Å²) in [6.45, 7) is 0. The van der Waals surface area contributed by atoms with Crippen LogP contribution in [-0.4, -0.2) is 32.1 Å². The first-order chi connectivity index (χ1) is 12.1. The minimum Gasteiger partial charge on any atom is -0.496 e. The zero-order valence-corrected chi connectivity index (χ0v) is 14.3. The third kappa shape index (κ3) is 4.81. The van der Waals surface area contributed by atoms with Crippen LogP contribution in [0.15, 0.2) is 54.6 Å². The molecule has 0 fully saturated rings. The molecule has 0 heterocycles. The Morgan fingerprint density at radius 2 is 1.68 bits per heavy atom. The van der Waals surface area contributed by atoms with Crippen LogP contribution in [0, 0.1) is 0 Å². The molecule has 0 saturated carbocycles. The van der Waals surface area contributed by atoms with Gasteiger partial charge in [0.25, 0.3) is 5.91 Å². The van der Waals surface area contributed by atoms with Gasteiger partial charge in [-0.1, -0.05) is 48.5 Å². The van der Waals surface area contributed by atoms with Crippen molar-refractivity contribution in [2.75, 3.05) is 14.2 Å². The topological polar surface area (TPSA) is 90.7 Å². The Hall–Kier alpha value is -2.86. The molecule has 3 N–H and O–H groups in total. The minimum absolute atomic E-state index is 0.232. The lowest BCUT2D eigenvalue weighted by Gasteiger charge is -2.21. The summed E-state index contributed by atoms with van der Waals surface area (Å²) in [7, 11) is 2.99. The summed E-state index contributed by atoms with van der Waals surface area (Å²) in [6, 6.07) is 15.5. The first kappa shape index (κ1) is 18.5. The Balaban J connectivity index is 2.15. The van der Waals surface area contributed by atoms with E-state index in [1.54, 1.807) is 25.3 Å². The second-order valence-electron chi connectivity index (χ2n) is 5.51. The number of nitrogens with one attached hydrogen (secondary N) is 1. The van der Waals surface area contributed by atoms with Crippen LogP contribution in [0.4, 0.5) is 0 Å². The number of hydrogen-bond acceptors (Lipinski definition) is 4. The molecule has 2 rings (SSSR count). The van der Waals surface area contributed by atoms with Crippen molar-refractivity contribution in [3.8, 4) is 5.75 Å². The van der Waals surface area contributed by atoms with Gasteiger partial charge in [0.15, 0.2) is 6.10 Å². The molecule has 0 unspecified atom stereocenters. The maximum absolute atomic E-state index is 12.6. The van der Waals surface area contributed by atoms with Crippen LogP contribution in [0.25, 0.3) is 0 Å². The molecule has 0 aliphatic rings. The summed E-state index contributed by atoms with van der Waals surface area (Å²) in [5.41, 5.74) is 6.95. The maximum Gasteiger partial charge on any atom is 0.254 e. The van der Waals surface area contributed by atoms with Crippen molar-refractivity contribution in [3.05, 3.63) is 65.7 Å². The number of primary amides is 1. The molecule has 0 radical (unpaired) electrons. The highest BCUT2D eigenvalue weighted by atomic mass is 16.5. The highest BCUT2D eigenvalue weighted by Crippen LogP contribution is 2.20. The fourth-order valence-electron chi connectivity index (χ4n) is 2.58. The Morgan fingerprint density at radius 1 is 1.04 bits per heavy atom. The van der Waals surface area contributed by atoms with E-state index in [0.717, 1.165) is 5.56 Å². The fraction of sp³-hybridized carbons (Fsp3) is 0.263. The maximum atomic E-state index is 12.6. The predicted octanol–water partition coefficient (Wildman–Crippen LogP) is 1.60. The molecule has 0 spiro atoms. The summed E-state index contributed by atoms with van der Waals surface area (Å²) in [4.78, 5) is 24.4. The Labute approximate surface area is 146 Å². The van der Waals surface area contributed by atoms with Gasteiger partial charge in [0, 0.05) is 13.5 Å². The van der Waals surface area contributed by atoms with E-state index in [0.29, 0.717) is 11.3 Å². The molecule has 2 atom stereocenters. The van der Waals surface area contributed by atoms with Crippen molar-refractivity contribution in [2.45, 2.75) is 18.6 Å². The van der Waals surface area contributed by atoms with Crippen LogP contribution < -0.4 is 15.8 Å². The van der Waals surface area contributed by atoms with Crippen molar-refractivity contribution in [1.29, 1.82) is 0 Å². The number of amides is 2. The molecule has 0 aromatic heterocycles. The van der Waals surface area contributed by atoms with Crippen LogP contribution in [0.1, 0.15) is 17.2 Å². The zero-order valence-electron chi connectivity index (χ0n) is 14.3. The number of benzene rings is 2. The normalized spacial score (nSPS) is 12.9. The Morgan fingerprint density at radius 3 is 2.28 bits per heavy atom. The van der Waals surface area contributed by atoms with E-state index in [-0.39, 0.29) is 6.42 Å². The van der Waals surface area contributed by atoms with Gasteiger partial charge in [0.1, 0.15) is 11.8 Å². The number of methoxy groups -OCH3 is 2. The van der Waals surface area contributed by atoms with E-state index in [2.05, 4.69) is 5.32 Å². The van der Waals surface area contributed by atoms with Crippen molar-refractivity contribution >= 4 is 11.8 Å². The third-order valence-electron chi connectivity index (χ3n) is 3.85. The molecule has 132 valence electrons. The molecular formula is C19H22N2O4. The van der Waals surface area contributed by atoms with Gasteiger partial charge in [-0.3, -0.25) is 9.59 Å². The number of rotatable bonds is 8. The first-order valence-corrected chi connectivity index (χ1v) is 7.86. The van der Waals surface area contributed by atoms with E-state index in [4.69, 9.17) is 15.2 Å². The third-order valence-corrected chi connectivity index (χ3v) is 3.85. The number of ether oxygens (including phenoxy) is 2. The van der Waals surface area contributed by atoms with E-state index in [1.165, 1.54) is 7.11 Å². The van der Waals surface area contributed by atoms with Gasteiger partial charge in [0.05, 0.1) is 7.11 Å². The van der Waals surface area contributed by atoms with E-state index in [9.17, 15) is 9.59 Å². The summed E-state index contributed by atoms with van der Waals surface area (Å²) in [5, 5.41) is 2.67. The molecule has 25 heavy (non-hydrogen) atoms. The van der Waals surface area contributed by atoms with Gasteiger partial charge in [-0.15, -0.1) is 0 Å². The molecular weight excluding hydrogens is 320 g/mol. The second-order valence-corrected chi connectivity index (χ2v) is 5.51. The van der Waals surface area contributed by atoms with E-state index in [1.807, 2.05) is 36.4 Å². The van der Waals surface area contributed by atoms with Crippen LogP contribution in [0.3, 0.4) is 0 Å². The number of para-hydroxylation sites is 1. The molecule has 0 saturated heterocycles. The highest BCUT2D eigenvalue weighted by Gasteiger charge is 2.26. The molecule has 6 heteroatoms. The number of nitrogens with two attached hydrogens (primary N) is 1. The SMILES string of the molecule is COc1ccccc1C[C@H](NC(=O)[C@@H](OC)c1ccccc1)C(N)=O. The van der Waals surface area contributed by atoms with Crippen LogP contribution in [-0.2, 0) is 20.7 Å². The fourth-order valence-corrected chi connectivity index (χ4v) is 2.58. The van der Waals surface area contributed by atoms with Gasteiger partial charge in [-0.2, -0.15) is 0 Å². The van der Waals surface area contributed by atoms with Gasteiger partial charge >= 0.3 is 0 Å². The zero-order chi connectivity index (χ0) is 18.2. The second kappa shape index (κ2) is 8.84. The monoisotopic (exact) mass is 342 g/mol. The average molecular weight is 342 g/mol. The number of carbonyl (C=O) groups excluding carboxylic acids is 2. The minimum atomic E-state index is -0.870. The van der Waals surface area contributed by atoms with Crippen molar-refractivity contribution in [1.82, 2.24) is 5.32 Å². The standard InChI is InChI=1S/C19H22N2O4/c1-24-16-11-7-6-10-14(16)12-15(18(20)22)21-19(23)17(25-2)13-8-4-3-5-9-13/h3-11,15,17H,12H2,1-2H3,(H2,20,22)(H,21,23)/t15-,17-/m0/s1. The summed E-state index contributed by atoms with van der Waals surface area (Å²) in [5.74, 6) is -0.413. The Bertz CT molecular complexity index is 718. The first-order valence-electron chi connectivity index (χ1n) is 7.86. The lowest BCUT2D eigenvalue weighted by Crippen LogP contribution is -2.47. The van der Waals surface area contributed by atoms with Gasteiger partial charge in [0.2, 0.25) is 5.91 Å². The summed E-state index contributed by atoms with van der Waals surface area (Å²) in [6.07, 6.45) is -0.586. The van der Waals surface area contributed by atoms with Crippen LogP contribution >= 0.6 is 0 Å². The largest absolute Gasteiger partial charge is 0.496 e. The van der Waals surface area contributed by atoms with Crippen molar-refractivity contribution in [2.24, 2.45) is 5.73 Å². The van der Waals surface area contributed by atoms with Gasteiger partial charge in [-0.05, 0) is 17.2 Å². The molecule has 6 nitrogen and oxygen atoms in total. The van der Waals surface area contributed by atoms with E-state index < -0.39 is 24.0 Å². The van der Waals surface area contributed by atoms with E-state index >= 15 is 0 Å². The lowest BCUT2D eigenvalue weighted by molar-refractivity contribution is -0.134. The van der Waals surface area contributed by atoms with Gasteiger partial charge < -0.3 is 20.5 Å². The van der Waals surface area contributed by atoms with Crippen molar-refractivity contribution < 1.29 is 19.1 Å². The van der Waals surface area contributed by atoms with Gasteiger partial charge in [-0.25, -0.2) is 0 Å². The van der Waals surface area contributed by atoms with Crippen molar-refractivity contribution in [3.63, 3.8) is 0 Å². The molecule has 2 aromatic carbocycles. The molecule has 0 aliphatic carbocycles. The highest BCUT2D eigenvalue weighted by molar-refractivity contribution is 5.89. The predicted molar refractivity (Wildman–Crippen MR) is 94.0 cm³/mol. The quantitative estimate of drug-likeness (QED) is 0.762. The number of hydrogen-bond donors (Lipinski definition) is 2. The smallest absolute Gasteiger partial charge is 0.254 e. The molecule has 0 aliphatic heterocycles.